The monoisotopic (exact) mass is 378 g/mol. The number of aromatic nitrogens is 2. The lowest BCUT2D eigenvalue weighted by Gasteiger charge is -2.15. The number of nitrogens with zero attached hydrogens (tertiary/aromatic N) is 3. The lowest BCUT2D eigenvalue weighted by atomic mass is 10.1. The highest BCUT2D eigenvalue weighted by Crippen LogP contribution is 2.18. The zero-order chi connectivity index (χ0) is 20.3. The third-order valence-corrected chi connectivity index (χ3v) is 4.91. The number of amides is 2. The first-order valence-electron chi connectivity index (χ1n) is 9.53. The number of unbranched alkanes of at least 4 members (excludes halogenated alkanes) is 1. The predicted octanol–water partition coefficient (Wildman–Crippen LogP) is 4.08. The minimum absolute atomic E-state index is 0.178. The molecule has 0 saturated carbocycles. The van der Waals surface area contributed by atoms with Crippen molar-refractivity contribution in [2.24, 2.45) is 0 Å². The predicted molar refractivity (Wildman–Crippen MR) is 111 cm³/mol. The number of rotatable bonds is 6. The van der Waals surface area contributed by atoms with Crippen molar-refractivity contribution in [3.05, 3.63) is 65.2 Å². The molecule has 3 rings (SSSR count). The van der Waals surface area contributed by atoms with E-state index in [0.29, 0.717) is 23.4 Å². The number of hydrogen-bond acceptors (Lipinski definition) is 3. The molecule has 0 aliphatic heterocycles. The van der Waals surface area contributed by atoms with Crippen molar-refractivity contribution in [1.82, 2.24) is 14.3 Å². The maximum atomic E-state index is 12.9. The van der Waals surface area contributed by atoms with Crippen LogP contribution in [0.25, 0.3) is 5.52 Å². The fourth-order valence-electron chi connectivity index (χ4n) is 3.04. The number of nitrogens with one attached hydrogen (secondary N) is 1. The summed E-state index contributed by atoms with van der Waals surface area (Å²) in [6.45, 7) is 6.76. The summed E-state index contributed by atoms with van der Waals surface area (Å²) in [5, 5.41) is 2.89. The molecule has 28 heavy (non-hydrogen) atoms. The molecule has 6 heteroatoms. The zero-order valence-corrected chi connectivity index (χ0v) is 16.8. The Bertz CT molecular complexity index is 1020. The Hall–Kier alpha value is -3.15. The molecule has 2 amide bonds. The molecule has 3 aromatic rings. The van der Waals surface area contributed by atoms with E-state index in [9.17, 15) is 9.59 Å². The van der Waals surface area contributed by atoms with E-state index in [0.717, 1.165) is 24.0 Å². The second kappa shape index (κ2) is 8.25. The van der Waals surface area contributed by atoms with Gasteiger partial charge in [0.25, 0.3) is 11.8 Å². The van der Waals surface area contributed by atoms with E-state index in [1.807, 2.05) is 44.2 Å². The highest BCUT2D eigenvalue weighted by atomic mass is 16.2. The molecule has 0 unspecified atom stereocenters. The number of fused-ring (bicyclic) bond motifs is 1. The largest absolute Gasteiger partial charge is 0.340 e. The molecule has 1 N–H and O–H groups in total. The van der Waals surface area contributed by atoms with E-state index in [2.05, 4.69) is 17.2 Å². The smallest absolute Gasteiger partial charge is 0.292 e. The number of imidazole rings is 1. The number of carbonyl (C=O) groups is 2. The molecule has 0 bridgehead atoms. The fourth-order valence-corrected chi connectivity index (χ4v) is 3.04. The first-order valence-corrected chi connectivity index (χ1v) is 9.53. The first-order chi connectivity index (χ1) is 13.4. The SMILES string of the molecule is CCCCN(C)C(=O)c1nc(C(=O)Nc2ccc(C)c(C)c2)n2ccccc12. The van der Waals surface area contributed by atoms with Crippen LogP contribution in [0, 0.1) is 13.8 Å². The Morgan fingerprint density at radius 3 is 2.64 bits per heavy atom. The van der Waals surface area contributed by atoms with Crippen LogP contribution >= 0.6 is 0 Å². The van der Waals surface area contributed by atoms with Crippen molar-refractivity contribution in [3.63, 3.8) is 0 Å². The van der Waals surface area contributed by atoms with Gasteiger partial charge in [-0.15, -0.1) is 0 Å². The summed E-state index contributed by atoms with van der Waals surface area (Å²) in [6, 6.07) is 11.2. The topological polar surface area (TPSA) is 66.7 Å². The summed E-state index contributed by atoms with van der Waals surface area (Å²) in [4.78, 5) is 31.8. The van der Waals surface area contributed by atoms with E-state index < -0.39 is 0 Å². The Morgan fingerprint density at radius 1 is 1.14 bits per heavy atom. The molecule has 0 aliphatic rings. The highest BCUT2D eigenvalue weighted by Gasteiger charge is 2.23. The van der Waals surface area contributed by atoms with Gasteiger partial charge in [-0.3, -0.25) is 14.0 Å². The third kappa shape index (κ3) is 3.91. The van der Waals surface area contributed by atoms with Crippen LogP contribution in [0.5, 0.6) is 0 Å². The van der Waals surface area contributed by atoms with E-state index >= 15 is 0 Å². The van der Waals surface area contributed by atoms with Crippen LogP contribution in [0.15, 0.2) is 42.6 Å². The van der Waals surface area contributed by atoms with Crippen molar-refractivity contribution in [1.29, 1.82) is 0 Å². The summed E-state index contributed by atoms with van der Waals surface area (Å²) >= 11 is 0. The molecule has 146 valence electrons. The molecule has 0 radical (unpaired) electrons. The number of anilines is 1. The molecule has 1 aromatic carbocycles. The Balaban J connectivity index is 1.94. The van der Waals surface area contributed by atoms with Crippen molar-refractivity contribution < 1.29 is 9.59 Å². The van der Waals surface area contributed by atoms with Gasteiger partial charge in [-0.25, -0.2) is 4.98 Å². The van der Waals surface area contributed by atoms with Crippen molar-refractivity contribution in [3.8, 4) is 0 Å². The van der Waals surface area contributed by atoms with Gasteiger partial charge in [0.05, 0.1) is 5.52 Å². The molecule has 0 fully saturated rings. The number of carbonyl (C=O) groups excluding carboxylic acids is 2. The summed E-state index contributed by atoms with van der Waals surface area (Å²) in [7, 11) is 1.76. The van der Waals surface area contributed by atoms with Gasteiger partial charge in [0.2, 0.25) is 5.82 Å². The van der Waals surface area contributed by atoms with Gasteiger partial charge in [-0.1, -0.05) is 25.5 Å². The van der Waals surface area contributed by atoms with Crippen LogP contribution in [0.1, 0.15) is 52.0 Å². The lowest BCUT2D eigenvalue weighted by molar-refractivity contribution is 0.0790. The number of benzene rings is 1. The average Bonchev–Trinajstić information content (AvgIpc) is 3.08. The van der Waals surface area contributed by atoms with Gasteiger partial charge in [0.15, 0.2) is 5.69 Å². The van der Waals surface area contributed by atoms with Gasteiger partial charge < -0.3 is 10.2 Å². The average molecular weight is 378 g/mol. The minimum atomic E-state index is -0.347. The third-order valence-electron chi connectivity index (χ3n) is 4.91. The normalized spacial score (nSPS) is 10.9. The standard InChI is InChI=1S/C22H26N4O2/c1-5-6-12-25(4)22(28)19-18-9-7-8-13-26(18)20(24-19)21(27)23-17-11-10-15(2)16(3)14-17/h7-11,13-14H,5-6,12H2,1-4H3,(H,23,27). The van der Waals surface area contributed by atoms with Crippen LogP contribution in [-0.2, 0) is 0 Å². The van der Waals surface area contributed by atoms with Crippen molar-refractivity contribution >= 4 is 23.0 Å². The Morgan fingerprint density at radius 2 is 1.93 bits per heavy atom. The van der Waals surface area contributed by atoms with Crippen LogP contribution in [0.2, 0.25) is 0 Å². The first kappa shape index (κ1) is 19.6. The quantitative estimate of drug-likeness (QED) is 0.703. The van der Waals surface area contributed by atoms with E-state index in [4.69, 9.17) is 0 Å². The summed E-state index contributed by atoms with van der Waals surface area (Å²) in [6.07, 6.45) is 3.68. The maximum Gasteiger partial charge on any atom is 0.292 e. The van der Waals surface area contributed by atoms with Gasteiger partial charge >= 0.3 is 0 Å². The van der Waals surface area contributed by atoms with E-state index in [1.165, 1.54) is 0 Å². The van der Waals surface area contributed by atoms with Gasteiger partial charge in [-0.2, -0.15) is 0 Å². The van der Waals surface area contributed by atoms with Crippen LogP contribution in [0.4, 0.5) is 5.69 Å². The highest BCUT2D eigenvalue weighted by molar-refractivity contribution is 6.06. The fraction of sp³-hybridized carbons (Fsp3) is 0.318. The van der Waals surface area contributed by atoms with E-state index in [1.54, 1.807) is 28.6 Å². The molecule has 2 aromatic heterocycles. The molecule has 0 saturated heterocycles. The Labute approximate surface area is 165 Å². The van der Waals surface area contributed by atoms with Crippen LogP contribution < -0.4 is 5.32 Å². The zero-order valence-electron chi connectivity index (χ0n) is 16.8. The second-order valence-corrected chi connectivity index (χ2v) is 7.07. The molecular weight excluding hydrogens is 352 g/mol. The van der Waals surface area contributed by atoms with E-state index in [-0.39, 0.29) is 17.6 Å². The number of pyridine rings is 1. The molecule has 0 atom stereocenters. The molecule has 2 heterocycles. The van der Waals surface area contributed by atoms with Gasteiger partial charge in [-0.05, 0) is 55.7 Å². The summed E-state index contributed by atoms with van der Waals surface area (Å²) < 4.78 is 1.66. The molecule has 0 spiro atoms. The van der Waals surface area contributed by atoms with Crippen LogP contribution in [0.3, 0.4) is 0 Å². The van der Waals surface area contributed by atoms with Gasteiger partial charge in [0, 0.05) is 25.5 Å². The lowest BCUT2D eigenvalue weighted by Crippen LogP contribution is -2.28. The number of aryl methyl sites for hydroxylation is 2. The molecular formula is C22H26N4O2. The summed E-state index contributed by atoms with van der Waals surface area (Å²) in [5.41, 5.74) is 3.88. The van der Waals surface area contributed by atoms with Crippen LogP contribution in [-0.4, -0.2) is 39.7 Å². The van der Waals surface area contributed by atoms with Gasteiger partial charge in [0.1, 0.15) is 0 Å². The molecule has 0 aliphatic carbocycles. The van der Waals surface area contributed by atoms with Crippen molar-refractivity contribution in [2.75, 3.05) is 18.9 Å². The number of hydrogen-bond donors (Lipinski definition) is 1. The van der Waals surface area contributed by atoms with Crippen molar-refractivity contribution in [2.45, 2.75) is 33.6 Å². The molecule has 6 nitrogen and oxygen atoms in total. The minimum Gasteiger partial charge on any atom is -0.340 e. The second-order valence-electron chi connectivity index (χ2n) is 7.07. The Kier molecular flexibility index (Phi) is 5.78. The summed E-state index contributed by atoms with van der Waals surface area (Å²) in [5.74, 6) is -0.330. The maximum absolute atomic E-state index is 12.9.